The van der Waals surface area contributed by atoms with Crippen molar-refractivity contribution in [2.24, 2.45) is 5.73 Å². The van der Waals surface area contributed by atoms with Crippen LogP contribution in [0.4, 0.5) is 0 Å². The smallest absolute Gasteiger partial charge is 0.258 e. The van der Waals surface area contributed by atoms with E-state index in [1.54, 1.807) is 0 Å². The monoisotopic (exact) mass is 343 g/mol. The van der Waals surface area contributed by atoms with Gasteiger partial charge < -0.3 is 10.2 Å². The molecule has 0 spiro atoms. The number of hydrogen-bond donors (Lipinski definition) is 1. The van der Waals surface area contributed by atoms with E-state index in [-0.39, 0.29) is 0 Å². The molecular formula is C20H29NO2Si. The van der Waals surface area contributed by atoms with Crippen molar-refractivity contribution >= 4 is 25.0 Å². The van der Waals surface area contributed by atoms with Crippen molar-refractivity contribution in [3.63, 3.8) is 0 Å². The summed E-state index contributed by atoms with van der Waals surface area (Å²) in [7, 11) is -2.14. The second-order valence-electron chi connectivity index (χ2n) is 7.44. The van der Waals surface area contributed by atoms with Gasteiger partial charge in [-0.1, -0.05) is 71.9 Å². The zero-order chi connectivity index (χ0) is 18.1. The zero-order valence-electron chi connectivity index (χ0n) is 15.6. The Kier molecular flexibility index (Phi) is 5.38. The number of benzene rings is 2. The maximum atomic E-state index is 12.2. The number of carbonyl (C=O) groups is 1. The fourth-order valence-electron chi connectivity index (χ4n) is 4.13. The highest BCUT2D eigenvalue weighted by molar-refractivity contribution is 6.78. The number of amides is 1. The van der Waals surface area contributed by atoms with E-state index in [9.17, 15) is 4.79 Å². The van der Waals surface area contributed by atoms with E-state index in [0.29, 0.717) is 27.9 Å². The largest absolute Gasteiger partial charge is 0.542 e. The van der Waals surface area contributed by atoms with Gasteiger partial charge in [-0.15, -0.1) is 0 Å². The minimum atomic E-state index is -2.14. The number of hydrogen-bond acceptors (Lipinski definition) is 2. The van der Waals surface area contributed by atoms with Crippen LogP contribution in [0.15, 0.2) is 36.4 Å². The highest BCUT2D eigenvalue weighted by atomic mass is 28.4. The van der Waals surface area contributed by atoms with Gasteiger partial charge in [-0.25, -0.2) is 0 Å². The van der Waals surface area contributed by atoms with Gasteiger partial charge in [-0.05, 0) is 33.5 Å². The number of primary amides is 1. The first-order valence-electron chi connectivity index (χ1n) is 8.72. The van der Waals surface area contributed by atoms with Gasteiger partial charge in [0.1, 0.15) is 5.75 Å². The quantitative estimate of drug-likeness (QED) is 0.705. The summed E-state index contributed by atoms with van der Waals surface area (Å²) in [5.41, 5.74) is 7.54. The molecule has 0 heterocycles. The second-order valence-corrected chi connectivity index (χ2v) is 12.8. The minimum Gasteiger partial charge on any atom is -0.542 e. The first kappa shape index (κ1) is 18.5. The number of fused-ring (bicyclic) bond motifs is 1. The molecule has 0 saturated carbocycles. The molecule has 0 aliphatic carbocycles. The Morgan fingerprint density at radius 1 is 0.917 bits per heavy atom. The highest BCUT2D eigenvalue weighted by Gasteiger charge is 2.47. The lowest BCUT2D eigenvalue weighted by atomic mass is 10.0. The topological polar surface area (TPSA) is 52.3 Å². The Labute approximate surface area is 146 Å². The SMILES string of the molecule is CC(C)[Si](Oc1ccc2ccccc2c1C(N)=O)(C(C)C)C(C)C. The van der Waals surface area contributed by atoms with Crippen LogP contribution in [0.1, 0.15) is 51.9 Å². The fraction of sp³-hybridized carbons (Fsp3) is 0.450. The lowest BCUT2D eigenvalue weighted by Gasteiger charge is -2.42. The van der Waals surface area contributed by atoms with Crippen LogP contribution in [-0.4, -0.2) is 14.2 Å². The van der Waals surface area contributed by atoms with Gasteiger partial charge in [0.05, 0.1) is 5.56 Å². The third kappa shape index (κ3) is 3.07. The Hall–Kier alpha value is -1.81. The summed E-state index contributed by atoms with van der Waals surface area (Å²) < 4.78 is 6.73. The molecular weight excluding hydrogens is 314 g/mol. The number of carbonyl (C=O) groups excluding carboxylic acids is 1. The van der Waals surface area contributed by atoms with Crippen LogP contribution < -0.4 is 10.2 Å². The lowest BCUT2D eigenvalue weighted by Crippen LogP contribution is -2.51. The molecule has 4 heteroatoms. The van der Waals surface area contributed by atoms with Crippen LogP contribution in [0, 0.1) is 0 Å². The maximum absolute atomic E-state index is 12.2. The highest BCUT2D eigenvalue weighted by Crippen LogP contribution is 2.44. The Bertz CT molecular complexity index is 716. The van der Waals surface area contributed by atoms with E-state index < -0.39 is 14.2 Å². The van der Waals surface area contributed by atoms with Gasteiger partial charge in [-0.3, -0.25) is 4.79 Å². The first-order chi connectivity index (χ1) is 11.2. The number of rotatable bonds is 6. The van der Waals surface area contributed by atoms with E-state index in [1.165, 1.54) is 0 Å². The van der Waals surface area contributed by atoms with E-state index in [2.05, 4.69) is 41.5 Å². The molecule has 0 aliphatic heterocycles. The molecule has 0 saturated heterocycles. The third-order valence-electron chi connectivity index (χ3n) is 5.13. The standard InChI is InChI=1S/C20H29NO2Si/c1-13(2)24(14(3)4,15(5)6)23-18-12-11-16-9-7-8-10-17(16)19(18)20(21)22/h7-15H,1-6H3,(H2,21,22). The van der Waals surface area contributed by atoms with Crippen molar-refractivity contribution in [1.29, 1.82) is 0 Å². The Balaban J connectivity index is 2.67. The molecule has 0 unspecified atom stereocenters. The van der Waals surface area contributed by atoms with Crippen LogP contribution in [0.5, 0.6) is 5.75 Å². The predicted octanol–water partition coefficient (Wildman–Crippen LogP) is 5.49. The average molecular weight is 344 g/mol. The van der Waals surface area contributed by atoms with Gasteiger partial charge in [0.25, 0.3) is 14.2 Å². The molecule has 0 atom stereocenters. The molecule has 2 rings (SSSR count). The normalized spacial score (nSPS) is 12.4. The van der Waals surface area contributed by atoms with Crippen molar-refractivity contribution in [3.8, 4) is 5.75 Å². The molecule has 0 fully saturated rings. The average Bonchev–Trinajstić information content (AvgIpc) is 2.50. The Morgan fingerprint density at radius 2 is 1.46 bits per heavy atom. The summed E-state index contributed by atoms with van der Waals surface area (Å²) in [6.45, 7) is 13.4. The fourth-order valence-corrected chi connectivity index (χ4v) is 9.39. The van der Waals surface area contributed by atoms with E-state index in [1.807, 2.05) is 36.4 Å². The van der Waals surface area contributed by atoms with Crippen LogP contribution in [0.2, 0.25) is 16.6 Å². The molecule has 130 valence electrons. The van der Waals surface area contributed by atoms with Crippen LogP contribution in [0.3, 0.4) is 0 Å². The van der Waals surface area contributed by atoms with Gasteiger partial charge in [0.15, 0.2) is 0 Å². The Morgan fingerprint density at radius 3 is 1.96 bits per heavy atom. The molecule has 0 radical (unpaired) electrons. The molecule has 2 aromatic rings. The molecule has 2 aromatic carbocycles. The second kappa shape index (κ2) is 6.97. The van der Waals surface area contributed by atoms with Gasteiger partial charge in [-0.2, -0.15) is 0 Å². The third-order valence-corrected chi connectivity index (χ3v) is 11.1. The van der Waals surface area contributed by atoms with Crippen molar-refractivity contribution < 1.29 is 9.22 Å². The van der Waals surface area contributed by atoms with E-state index >= 15 is 0 Å². The summed E-state index contributed by atoms with van der Waals surface area (Å²) in [6, 6.07) is 11.7. The molecule has 0 aromatic heterocycles. The van der Waals surface area contributed by atoms with Crippen LogP contribution in [-0.2, 0) is 0 Å². The molecule has 2 N–H and O–H groups in total. The molecule has 24 heavy (non-hydrogen) atoms. The number of nitrogens with two attached hydrogens (primary N) is 1. The molecule has 0 aliphatic rings. The van der Waals surface area contributed by atoms with Crippen molar-refractivity contribution in [2.45, 2.75) is 58.2 Å². The zero-order valence-corrected chi connectivity index (χ0v) is 16.6. The van der Waals surface area contributed by atoms with Gasteiger partial charge in [0.2, 0.25) is 0 Å². The van der Waals surface area contributed by atoms with Crippen LogP contribution >= 0.6 is 0 Å². The summed E-state index contributed by atoms with van der Waals surface area (Å²) >= 11 is 0. The minimum absolute atomic E-state index is 0.430. The molecule has 0 bridgehead atoms. The molecule has 3 nitrogen and oxygen atoms in total. The summed E-state index contributed by atoms with van der Waals surface area (Å²) in [5.74, 6) is 0.213. The van der Waals surface area contributed by atoms with Crippen LogP contribution in [0.25, 0.3) is 10.8 Å². The maximum Gasteiger partial charge on any atom is 0.258 e. The lowest BCUT2D eigenvalue weighted by molar-refractivity contribution is 0.1000. The van der Waals surface area contributed by atoms with E-state index in [4.69, 9.17) is 10.2 Å². The van der Waals surface area contributed by atoms with Crippen molar-refractivity contribution in [2.75, 3.05) is 0 Å². The van der Waals surface area contributed by atoms with Crippen molar-refractivity contribution in [3.05, 3.63) is 42.0 Å². The summed E-state index contributed by atoms with van der Waals surface area (Å²) in [6.07, 6.45) is 0. The molecule has 1 amide bonds. The van der Waals surface area contributed by atoms with Gasteiger partial charge >= 0.3 is 0 Å². The summed E-state index contributed by atoms with van der Waals surface area (Å²) in [5, 5.41) is 1.87. The van der Waals surface area contributed by atoms with Crippen molar-refractivity contribution in [1.82, 2.24) is 0 Å². The summed E-state index contributed by atoms with van der Waals surface area (Å²) in [4.78, 5) is 12.2. The predicted molar refractivity (Wildman–Crippen MR) is 104 cm³/mol. The van der Waals surface area contributed by atoms with Gasteiger partial charge in [0, 0.05) is 0 Å². The first-order valence-corrected chi connectivity index (χ1v) is 10.9. The van der Waals surface area contributed by atoms with E-state index in [0.717, 1.165) is 10.8 Å².